The summed E-state index contributed by atoms with van der Waals surface area (Å²) in [6, 6.07) is 9.95. The van der Waals surface area contributed by atoms with Gasteiger partial charge < -0.3 is 4.90 Å². The third-order valence-corrected chi connectivity index (χ3v) is 6.34. The molecule has 0 saturated carbocycles. The molecule has 5 nitrogen and oxygen atoms in total. The molecule has 0 spiro atoms. The average molecular weight is 393 g/mol. The molecule has 0 atom stereocenters. The highest BCUT2D eigenvalue weighted by Gasteiger charge is 2.26. The van der Waals surface area contributed by atoms with E-state index in [2.05, 4.69) is 4.72 Å². The second kappa shape index (κ2) is 7.29. The number of para-hydroxylation sites is 1. The van der Waals surface area contributed by atoms with Crippen molar-refractivity contribution in [3.05, 3.63) is 58.1 Å². The number of benzene rings is 2. The van der Waals surface area contributed by atoms with Gasteiger partial charge in [-0.3, -0.25) is 9.52 Å². The maximum atomic E-state index is 12.9. The Morgan fingerprint density at radius 1 is 1.12 bits per heavy atom. The van der Waals surface area contributed by atoms with Crippen LogP contribution in [0.2, 0.25) is 5.02 Å². The Morgan fingerprint density at radius 3 is 2.46 bits per heavy atom. The summed E-state index contributed by atoms with van der Waals surface area (Å²) in [6.07, 6.45) is 1.94. The van der Waals surface area contributed by atoms with E-state index in [1.165, 1.54) is 6.07 Å². The molecule has 1 aliphatic rings. The van der Waals surface area contributed by atoms with Crippen molar-refractivity contribution in [1.82, 2.24) is 4.90 Å². The molecule has 7 heteroatoms. The summed E-state index contributed by atoms with van der Waals surface area (Å²) in [5.41, 5.74) is 2.22. The van der Waals surface area contributed by atoms with Crippen molar-refractivity contribution in [2.45, 2.75) is 31.6 Å². The minimum absolute atomic E-state index is 0.00686. The Bertz CT molecular complexity index is 951. The number of rotatable bonds is 4. The number of carbonyl (C=O) groups is 1. The van der Waals surface area contributed by atoms with E-state index in [9.17, 15) is 13.2 Å². The fraction of sp³-hybridized carbons (Fsp3) is 0.316. The number of halogens is 1. The Kier molecular flexibility index (Phi) is 5.25. The molecule has 1 N–H and O–H groups in total. The lowest BCUT2D eigenvalue weighted by atomic mass is 10.1. The van der Waals surface area contributed by atoms with Crippen molar-refractivity contribution in [3.63, 3.8) is 0 Å². The van der Waals surface area contributed by atoms with Crippen LogP contribution in [0.5, 0.6) is 0 Å². The predicted molar refractivity (Wildman–Crippen MR) is 103 cm³/mol. The number of anilines is 1. The molecule has 1 amide bonds. The second-order valence-electron chi connectivity index (χ2n) is 6.54. The molecule has 0 aromatic heterocycles. The zero-order valence-electron chi connectivity index (χ0n) is 14.8. The fourth-order valence-corrected chi connectivity index (χ4v) is 4.84. The van der Waals surface area contributed by atoms with Crippen LogP contribution in [0.4, 0.5) is 5.69 Å². The summed E-state index contributed by atoms with van der Waals surface area (Å²) in [5, 5.41) is 0.151. The van der Waals surface area contributed by atoms with Crippen LogP contribution in [-0.4, -0.2) is 32.3 Å². The molecule has 1 saturated heterocycles. The van der Waals surface area contributed by atoms with Crippen molar-refractivity contribution >= 4 is 33.2 Å². The lowest BCUT2D eigenvalue weighted by Gasteiger charge is -2.20. The lowest BCUT2D eigenvalue weighted by molar-refractivity contribution is 0.0794. The van der Waals surface area contributed by atoms with E-state index in [1.54, 1.807) is 42.2 Å². The summed E-state index contributed by atoms with van der Waals surface area (Å²) in [4.78, 5) is 14.6. The van der Waals surface area contributed by atoms with Crippen LogP contribution >= 0.6 is 11.6 Å². The van der Waals surface area contributed by atoms with Crippen LogP contribution in [0, 0.1) is 13.8 Å². The van der Waals surface area contributed by atoms with Gasteiger partial charge in [0.05, 0.1) is 16.3 Å². The highest BCUT2D eigenvalue weighted by atomic mass is 35.5. The van der Waals surface area contributed by atoms with Crippen molar-refractivity contribution in [2.75, 3.05) is 17.8 Å². The highest BCUT2D eigenvalue weighted by Crippen LogP contribution is 2.29. The average Bonchev–Trinajstić information content (AvgIpc) is 3.10. The van der Waals surface area contributed by atoms with Crippen LogP contribution < -0.4 is 4.72 Å². The largest absolute Gasteiger partial charge is 0.339 e. The van der Waals surface area contributed by atoms with E-state index < -0.39 is 10.0 Å². The lowest BCUT2D eigenvalue weighted by Crippen LogP contribution is -2.29. The number of carbonyl (C=O) groups excluding carboxylic acids is 1. The van der Waals surface area contributed by atoms with E-state index in [4.69, 9.17) is 11.6 Å². The van der Waals surface area contributed by atoms with Crippen LogP contribution in [-0.2, 0) is 10.0 Å². The first kappa shape index (κ1) is 18.7. The molecule has 3 rings (SSSR count). The predicted octanol–water partition coefficient (Wildman–Crippen LogP) is 3.99. The zero-order valence-corrected chi connectivity index (χ0v) is 16.3. The maximum Gasteiger partial charge on any atom is 0.263 e. The Balaban J connectivity index is 2.00. The van der Waals surface area contributed by atoms with Crippen LogP contribution in [0.15, 0.2) is 41.3 Å². The maximum absolute atomic E-state index is 12.9. The molecule has 2 aromatic rings. The summed E-state index contributed by atoms with van der Waals surface area (Å²) in [7, 11) is -3.92. The van der Waals surface area contributed by atoms with E-state index >= 15 is 0 Å². The first-order chi connectivity index (χ1) is 12.3. The standard InChI is InChI=1S/C19H21ClN2O3S/c1-13-8-9-17(16(20)12-13)26(24,25)21-18-14(2)6-5-7-15(18)19(23)22-10-3-4-11-22/h5-9,12,21H,3-4,10-11H2,1-2H3. The first-order valence-electron chi connectivity index (χ1n) is 8.47. The Hall–Kier alpha value is -2.05. The third kappa shape index (κ3) is 3.71. The van der Waals surface area contributed by atoms with Gasteiger partial charge in [0.1, 0.15) is 4.90 Å². The molecule has 26 heavy (non-hydrogen) atoms. The molecular formula is C19H21ClN2O3S. The van der Waals surface area contributed by atoms with Gasteiger partial charge in [-0.1, -0.05) is 29.8 Å². The van der Waals surface area contributed by atoms with Crippen molar-refractivity contribution in [2.24, 2.45) is 0 Å². The van der Waals surface area contributed by atoms with E-state index in [0.29, 0.717) is 29.9 Å². The van der Waals surface area contributed by atoms with Gasteiger partial charge in [-0.15, -0.1) is 0 Å². The van der Waals surface area contributed by atoms with E-state index in [-0.39, 0.29) is 15.8 Å². The molecule has 138 valence electrons. The number of likely N-dealkylation sites (tertiary alicyclic amines) is 1. The van der Waals surface area contributed by atoms with Crippen LogP contribution in [0.25, 0.3) is 0 Å². The SMILES string of the molecule is Cc1ccc(S(=O)(=O)Nc2c(C)cccc2C(=O)N2CCCC2)c(Cl)c1. The van der Waals surface area contributed by atoms with Crippen molar-refractivity contribution < 1.29 is 13.2 Å². The van der Waals surface area contributed by atoms with E-state index in [1.807, 2.05) is 6.92 Å². The summed E-state index contributed by atoms with van der Waals surface area (Å²) >= 11 is 6.13. The minimum Gasteiger partial charge on any atom is -0.339 e. The smallest absolute Gasteiger partial charge is 0.263 e. The molecular weight excluding hydrogens is 372 g/mol. The molecule has 1 aliphatic heterocycles. The van der Waals surface area contributed by atoms with Gasteiger partial charge in [-0.25, -0.2) is 8.42 Å². The quantitative estimate of drug-likeness (QED) is 0.855. The number of amides is 1. The van der Waals surface area contributed by atoms with Gasteiger partial charge in [-0.2, -0.15) is 0 Å². The molecule has 1 heterocycles. The second-order valence-corrected chi connectivity index (χ2v) is 8.59. The molecule has 0 bridgehead atoms. The van der Waals surface area contributed by atoms with Gasteiger partial charge in [0.2, 0.25) is 0 Å². The molecule has 2 aromatic carbocycles. The monoisotopic (exact) mass is 392 g/mol. The topological polar surface area (TPSA) is 66.5 Å². The summed E-state index contributed by atoms with van der Waals surface area (Å²) in [5.74, 6) is -0.154. The zero-order chi connectivity index (χ0) is 18.9. The minimum atomic E-state index is -3.92. The summed E-state index contributed by atoms with van der Waals surface area (Å²) < 4.78 is 28.3. The van der Waals surface area contributed by atoms with Gasteiger partial charge in [0.15, 0.2) is 0 Å². The number of aryl methyl sites for hydroxylation is 2. The van der Waals surface area contributed by atoms with Gasteiger partial charge in [0, 0.05) is 13.1 Å². The molecule has 0 aliphatic carbocycles. The molecule has 0 radical (unpaired) electrons. The number of nitrogens with one attached hydrogen (secondary N) is 1. The third-order valence-electron chi connectivity index (χ3n) is 4.51. The van der Waals surface area contributed by atoms with Gasteiger partial charge in [-0.05, 0) is 56.0 Å². The summed E-state index contributed by atoms with van der Waals surface area (Å²) in [6.45, 7) is 5.00. The Labute approximate surface area is 159 Å². The first-order valence-corrected chi connectivity index (χ1v) is 10.3. The molecule has 0 unspecified atom stereocenters. The van der Waals surface area contributed by atoms with E-state index in [0.717, 1.165) is 18.4 Å². The number of nitrogens with zero attached hydrogens (tertiary/aromatic N) is 1. The molecule has 1 fully saturated rings. The highest BCUT2D eigenvalue weighted by molar-refractivity contribution is 7.92. The van der Waals surface area contributed by atoms with Crippen LogP contribution in [0.1, 0.15) is 34.3 Å². The van der Waals surface area contributed by atoms with Crippen LogP contribution in [0.3, 0.4) is 0 Å². The fourth-order valence-electron chi connectivity index (χ4n) is 3.09. The van der Waals surface area contributed by atoms with Crippen molar-refractivity contribution in [1.29, 1.82) is 0 Å². The van der Waals surface area contributed by atoms with Gasteiger partial charge in [0.25, 0.3) is 15.9 Å². The number of hydrogen-bond acceptors (Lipinski definition) is 3. The van der Waals surface area contributed by atoms with Gasteiger partial charge >= 0.3 is 0 Å². The number of sulfonamides is 1. The number of hydrogen-bond donors (Lipinski definition) is 1. The normalized spacial score (nSPS) is 14.5. The van der Waals surface area contributed by atoms with Crippen molar-refractivity contribution in [3.8, 4) is 0 Å². The Morgan fingerprint density at radius 2 is 1.81 bits per heavy atom.